The van der Waals surface area contributed by atoms with E-state index in [0.29, 0.717) is 5.02 Å². The van der Waals surface area contributed by atoms with Crippen LogP contribution in [0.15, 0.2) is 18.2 Å². The zero-order chi connectivity index (χ0) is 16.4. The van der Waals surface area contributed by atoms with Gasteiger partial charge in [0.2, 0.25) is 5.91 Å². The first-order valence-electron chi connectivity index (χ1n) is 7.14. The second-order valence-corrected chi connectivity index (χ2v) is 5.84. The number of anilines is 2. The molecule has 1 heterocycles. The minimum atomic E-state index is -0.392. The number of aromatic nitrogens is 2. The van der Waals surface area contributed by atoms with E-state index >= 15 is 0 Å². The normalized spacial score (nSPS) is 12.1. The molecule has 0 saturated carbocycles. The van der Waals surface area contributed by atoms with Gasteiger partial charge in [-0.1, -0.05) is 17.7 Å². The third kappa shape index (κ3) is 3.25. The van der Waals surface area contributed by atoms with Gasteiger partial charge >= 0.3 is 0 Å². The van der Waals surface area contributed by atoms with Crippen molar-refractivity contribution in [3.05, 3.63) is 40.2 Å². The van der Waals surface area contributed by atoms with E-state index in [9.17, 15) is 4.79 Å². The first kappa shape index (κ1) is 16.4. The van der Waals surface area contributed by atoms with E-state index in [1.54, 1.807) is 4.68 Å². The summed E-state index contributed by atoms with van der Waals surface area (Å²) < 4.78 is 1.75. The molecule has 0 bridgehead atoms. The predicted octanol–water partition coefficient (Wildman–Crippen LogP) is 3.44. The molecule has 22 heavy (non-hydrogen) atoms. The second kappa shape index (κ2) is 6.40. The fraction of sp³-hybridized carbons (Fsp3) is 0.375. The van der Waals surface area contributed by atoms with Crippen molar-refractivity contribution in [2.75, 3.05) is 10.6 Å². The smallest absolute Gasteiger partial charge is 0.246 e. The zero-order valence-corrected chi connectivity index (χ0v) is 14.2. The average Bonchev–Trinajstić information content (AvgIpc) is 2.70. The number of nitrogens with one attached hydrogen (secondary N) is 2. The average molecular weight is 321 g/mol. The maximum absolute atomic E-state index is 12.4. The number of benzene rings is 1. The Morgan fingerprint density at radius 3 is 2.59 bits per heavy atom. The van der Waals surface area contributed by atoms with Gasteiger partial charge in [-0.25, -0.2) is 0 Å². The van der Waals surface area contributed by atoms with Crippen molar-refractivity contribution in [2.24, 2.45) is 7.05 Å². The van der Waals surface area contributed by atoms with E-state index in [-0.39, 0.29) is 5.91 Å². The third-order valence-corrected chi connectivity index (χ3v) is 4.20. The lowest BCUT2D eigenvalue weighted by Crippen LogP contribution is -2.32. The van der Waals surface area contributed by atoms with E-state index in [0.717, 1.165) is 28.3 Å². The molecule has 6 heteroatoms. The van der Waals surface area contributed by atoms with Crippen LogP contribution in [0.4, 0.5) is 11.4 Å². The van der Waals surface area contributed by atoms with E-state index in [1.807, 2.05) is 52.9 Å². The molecule has 0 fully saturated rings. The van der Waals surface area contributed by atoms with Gasteiger partial charge in [0.1, 0.15) is 6.04 Å². The molecule has 0 saturated heterocycles. The molecule has 0 spiro atoms. The quantitative estimate of drug-likeness (QED) is 0.907. The van der Waals surface area contributed by atoms with Crippen molar-refractivity contribution in [1.29, 1.82) is 0 Å². The van der Waals surface area contributed by atoms with Gasteiger partial charge in [-0.05, 0) is 45.4 Å². The van der Waals surface area contributed by atoms with Crippen LogP contribution in [0.2, 0.25) is 5.02 Å². The highest BCUT2D eigenvalue weighted by molar-refractivity contribution is 6.31. The lowest BCUT2D eigenvalue weighted by molar-refractivity contribution is -0.116. The van der Waals surface area contributed by atoms with Crippen molar-refractivity contribution in [3.63, 3.8) is 0 Å². The Balaban J connectivity index is 2.11. The number of carbonyl (C=O) groups excluding carboxylic acids is 1. The number of halogens is 1. The van der Waals surface area contributed by atoms with Crippen LogP contribution in [-0.2, 0) is 11.8 Å². The lowest BCUT2D eigenvalue weighted by atomic mass is 10.1. The molecule has 0 radical (unpaired) electrons. The van der Waals surface area contributed by atoms with Gasteiger partial charge in [-0.15, -0.1) is 0 Å². The van der Waals surface area contributed by atoms with Crippen LogP contribution in [0.25, 0.3) is 0 Å². The zero-order valence-electron chi connectivity index (χ0n) is 13.5. The van der Waals surface area contributed by atoms with Crippen molar-refractivity contribution in [2.45, 2.75) is 33.7 Å². The number of hydrogen-bond donors (Lipinski definition) is 2. The van der Waals surface area contributed by atoms with Gasteiger partial charge in [-0.3, -0.25) is 9.48 Å². The largest absolute Gasteiger partial charge is 0.374 e. The molecule has 2 aromatic rings. The Bertz CT molecular complexity index is 708. The Morgan fingerprint density at radius 1 is 1.32 bits per heavy atom. The Hall–Kier alpha value is -2.01. The molecule has 5 nitrogen and oxygen atoms in total. The molecule has 1 aromatic carbocycles. The lowest BCUT2D eigenvalue weighted by Gasteiger charge is -2.17. The van der Waals surface area contributed by atoms with Crippen molar-refractivity contribution < 1.29 is 4.79 Å². The number of nitrogens with zero attached hydrogens (tertiary/aromatic N) is 2. The van der Waals surface area contributed by atoms with Crippen LogP contribution in [0.3, 0.4) is 0 Å². The summed E-state index contributed by atoms with van der Waals surface area (Å²) in [5, 5.41) is 11.1. The topological polar surface area (TPSA) is 59.0 Å². The van der Waals surface area contributed by atoms with Gasteiger partial charge in [0.15, 0.2) is 0 Å². The molecule has 0 unspecified atom stereocenters. The van der Waals surface area contributed by atoms with Gasteiger partial charge in [0, 0.05) is 17.8 Å². The highest BCUT2D eigenvalue weighted by Gasteiger charge is 2.18. The van der Waals surface area contributed by atoms with Crippen molar-refractivity contribution in [1.82, 2.24) is 9.78 Å². The highest BCUT2D eigenvalue weighted by Crippen LogP contribution is 2.24. The summed E-state index contributed by atoms with van der Waals surface area (Å²) in [4.78, 5) is 12.4. The van der Waals surface area contributed by atoms with Gasteiger partial charge < -0.3 is 10.6 Å². The van der Waals surface area contributed by atoms with Gasteiger partial charge in [0.05, 0.1) is 17.1 Å². The third-order valence-electron chi connectivity index (χ3n) is 3.79. The summed E-state index contributed by atoms with van der Waals surface area (Å²) >= 11 is 6.10. The van der Waals surface area contributed by atoms with E-state index in [4.69, 9.17) is 11.6 Å². The number of amides is 1. The van der Waals surface area contributed by atoms with Crippen molar-refractivity contribution >= 4 is 28.9 Å². The molecule has 2 N–H and O–H groups in total. The summed E-state index contributed by atoms with van der Waals surface area (Å²) in [6.07, 6.45) is 0. The van der Waals surface area contributed by atoms with Crippen LogP contribution in [0.5, 0.6) is 0 Å². The minimum absolute atomic E-state index is 0.112. The Kier molecular flexibility index (Phi) is 4.76. The van der Waals surface area contributed by atoms with E-state index in [2.05, 4.69) is 15.7 Å². The van der Waals surface area contributed by atoms with Gasteiger partial charge in [-0.2, -0.15) is 5.10 Å². The van der Waals surface area contributed by atoms with Crippen LogP contribution in [0, 0.1) is 20.8 Å². The standard InChI is InChI=1S/C16H21ClN4O/c1-9-13(17)7-6-8-14(9)18-11(3)16(22)19-15-10(2)20-21(5)12(15)4/h6-8,11,18H,1-5H3,(H,19,22)/t11-/m1/s1. The van der Waals surface area contributed by atoms with Crippen LogP contribution in [-0.4, -0.2) is 21.7 Å². The second-order valence-electron chi connectivity index (χ2n) is 5.44. The fourth-order valence-corrected chi connectivity index (χ4v) is 2.42. The Morgan fingerprint density at radius 2 is 2.00 bits per heavy atom. The number of hydrogen-bond acceptors (Lipinski definition) is 3. The molecular weight excluding hydrogens is 300 g/mol. The van der Waals surface area contributed by atoms with Crippen molar-refractivity contribution in [3.8, 4) is 0 Å². The molecule has 1 atom stereocenters. The molecule has 0 aliphatic carbocycles. The molecule has 1 amide bonds. The molecule has 1 aromatic heterocycles. The maximum atomic E-state index is 12.4. The minimum Gasteiger partial charge on any atom is -0.374 e. The monoisotopic (exact) mass is 320 g/mol. The van der Waals surface area contributed by atoms with E-state index in [1.165, 1.54) is 0 Å². The maximum Gasteiger partial charge on any atom is 0.246 e. The highest BCUT2D eigenvalue weighted by atomic mass is 35.5. The van der Waals surface area contributed by atoms with Crippen LogP contribution < -0.4 is 10.6 Å². The Labute approximate surface area is 135 Å². The molecule has 2 rings (SSSR count). The SMILES string of the molecule is Cc1nn(C)c(C)c1NC(=O)[C@@H](C)Nc1cccc(Cl)c1C. The summed E-state index contributed by atoms with van der Waals surface area (Å²) in [6.45, 7) is 7.54. The molecule has 0 aliphatic heterocycles. The number of carbonyl (C=O) groups is 1. The summed E-state index contributed by atoms with van der Waals surface area (Å²) in [5.74, 6) is -0.112. The number of rotatable bonds is 4. The van der Waals surface area contributed by atoms with Gasteiger partial charge in [0.25, 0.3) is 0 Å². The first-order chi connectivity index (χ1) is 10.3. The predicted molar refractivity (Wildman–Crippen MR) is 90.6 cm³/mol. The summed E-state index contributed by atoms with van der Waals surface area (Å²) in [6, 6.07) is 5.20. The van der Waals surface area contributed by atoms with Crippen LogP contribution >= 0.6 is 11.6 Å². The van der Waals surface area contributed by atoms with E-state index < -0.39 is 6.04 Å². The number of aryl methyl sites for hydroxylation is 2. The van der Waals surface area contributed by atoms with Crippen LogP contribution in [0.1, 0.15) is 23.9 Å². The fourth-order valence-electron chi connectivity index (χ4n) is 2.25. The molecule has 0 aliphatic rings. The molecule has 118 valence electrons. The summed E-state index contributed by atoms with van der Waals surface area (Å²) in [5.41, 5.74) is 4.28. The summed E-state index contributed by atoms with van der Waals surface area (Å²) in [7, 11) is 1.86. The first-order valence-corrected chi connectivity index (χ1v) is 7.51. The molecular formula is C16H21ClN4O.